The monoisotopic (exact) mass is 594 g/mol. The molecule has 0 radical (unpaired) electrons. The number of nitrogens with zero attached hydrogens (tertiary/aromatic N) is 1. The molecule has 0 saturated carbocycles. The zero-order chi connectivity index (χ0) is 32.9. The quantitative estimate of drug-likeness (QED) is 0.165. The van der Waals surface area contributed by atoms with Gasteiger partial charge in [0.1, 0.15) is 11.6 Å². The summed E-state index contributed by atoms with van der Waals surface area (Å²) in [5.41, 5.74) is 3.59. The Morgan fingerprint density at radius 3 is 1.88 bits per heavy atom. The summed E-state index contributed by atoms with van der Waals surface area (Å²) in [6.45, 7) is 21.3. The highest BCUT2D eigenvalue weighted by atomic mass is 19.1. The summed E-state index contributed by atoms with van der Waals surface area (Å²) < 4.78 is 13.1. The molecular formula is C39H63FN2O. The number of benzene rings is 2. The van der Waals surface area contributed by atoms with Gasteiger partial charge in [-0.25, -0.2) is 9.38 Å². The van der Waals surface area contributed by atoms with E-state index in [-0.39, 0.29) is 11.6 Å². The standard InChI is InChI=1S/C26H31FN2O.C7H16.C4H10.C2H6/c1-4-6-8-25(30)22-12-16-24(17-13-22)29-26(9-7-5-2)28-19-18-20(3)21-10-14-23(27)15-11-21;1-4-6-7(3)5-2;1-3-4-2;1-2/h9-19,29H,4-8H2,1-3H3;7H,4-6H2,1-3H3;3-4H2,1-2H3;1-2H3/b20-18+,26-9+,28-19-;;;. The predicted octanol–water partition coefficient (Wildman–Crippen LogP) is 13.1. The van der Waals surface area contributed by atoms with Gasteiger partial charge < -0.3 is 5.32 Å². The van der Waals surface area contributed by atoms with Gasteiger partial charge >= 0.3 is 0 Å². The molecule has 242 valence electrons. The number of nitrogens with one attached hydrogen (secondary N) is 1. The number of allylic oxidation sites excluding steroid dienone is 3. The summed E-state index contributed by atoms with van der Waals surface area (Å²) in [5, 5.41) is 3.32. The fourth-order valence-electron chi connectivity index (χ4n) is 3.52. The first-order valence-corrected chi connectivity index (χ1v) is 16.8. The second-order valence-corrected chi connectivity index (χ2v) is 10.5. The number of Topliss-reactive ketones (excluding diaryl/α,β-unsaturated/α-hetero) is 1. The molecule has 0 saturated heterocycles. The highest BCUT2D eigenvalue weighted by Crippen LogP contribution is 2.16. The van der Waals surface area contributed by atoms with Crippen molar-refractivity contribution in [2.45, 2.75) is 133 Å². The minimum absolute atomic E-state index is 0.185. The molecule has 2 rings (SSSR count). The minimum Gasteiger partial charge on any atom is -0.341 e. The predicted molar refractivity (Wildman–Crippen MR) is 192 cm³/mol. The fourth-order valence-corrected chi connectivity index (χ4v) is 3.52. The third-order valence-electron chi connectivity index (χ3n) is 6.68. The molecular weight excluding hydrogens is 531 g/mol. The number of carbonyl (C=O) groups excluding carboxylic acids is 1. The molecule has 0 heterocycles. The summed E-state index contributed by atoms with van der Waals surface area (Å²) in [4.78, 5) is 16.7. The number of ketones is 1. The second-order valence-electron chi connectivity index (χ2n) is 10.5. The SMILES string of the molecule is CC.CCCC.CCCC(C)CC.CCC\C=C(/N=C\C=C(/C)c1ccc(F)cc1)Nc1ccc(C(=O)CCCC)cc1. The largest absolute Gasteiger partial charge is 0.341 e. The summed E-state index contributed by atoms with van der Waals surface area (Å²) in [6, 6.07) is 14.0. The lowest BCUT2D eigenvalue weighted by atomic mass is 10.0. The third-order valence-corrected chi connectivity index (χ3v) is 6.68. The van der Waals surface area contributed by atoms with Gasteiger partial charge in [0.25, 0.3) is 0 Å². The van der Waals surface area contributed by atoms with Crippen LogP contribution >= 0.6 is 0 Å². The Morgan fingerprint density at radius 1 is 0.837 bits per heavy atom. The molecule has 0 bridgehead atoms. The van der Waals surface area contributed by atoms with E-state index in [9.17, 15) is 9.18 Å². The van der Waals surface area contributed by atoms with E-state index in [0.717, 1.165) is 59.8 Å². The van der Waals surface area contributed by atoms with E-state index >= 15 is 0 Å². The lowest BCUT2D eigenvalue weighted by molar-refractivity contribution is 0.0980. The van der Waals surface area contributed by atoms with Crippen molar-refractivity contribution in [3.8, 4) is 0 Å². The lowest BCUT2D eigenvalue weighted by Gasteiger charge is -2.08. The Bertz CT molecular complexity index is 1020. The molecule has 1 unspecified atom stereocenters. The summed E-state index contributed by atoms with van der Waals surface area (Å²) in [7, 11) is 0. The van der Waals surface area contributed by atoms with Crippen LogP contribution in [0.3, 0.4) is 0 Å². The Hall–Kier alpha value is -3.01. The number of anilines is 1. The Morgan fingerprint density at radius 2 is 1.42 bits per heavy atom. The van der Waals surface area contributed by atoms with Gasteiger partial charge in [0.2, 0.25) is 0 Å². The highest BCUT2D eigenvalue weighted by molar-refractivity contribution is 5.96. The molecule has 0 fully saturated rings. The lowest BCUT2D eigenvalue weighted by Crippen LogP contribution is -2.01. The van der Waals surface area contributed by atoms with E-state index in [0.29, 0.717) is 6.42 Å². The number of hydrogen-bond acceptors (Lipinski definition) is 3. The van der Waals surface area contributed by atoms with Crippen LogP contribution < -0.4 is 5.32 Å². The smallest absolute Gasteiger partial charge is 0.162 e. The van der Waals surface area contributed by atoms with Crippen molar-refractivity contribution < 1.29 is 9.18 Å². The minimum atomic E-state index is -0.243. The molecule has 0 aliphatic carbocycles. The molecule has 3 nitrogen and oxygen atoms in total. The van der Waals surface area contributed by atoms with Gasteiger partial charge in [-0.1, -0.05) is 119 Å². The van der Waals surface area contributed by atoms with Crippen LogP contribution in [0.4, 0.5) is 10.1 Å². The molecule has 0 aliphatic rings. The highest BCUT2D eigenvalue weighted by Gasteiger charge is 2.05. The van der Waals surface area contributed by atoms with E-state index in [1.807, 2.05) is 51.1 Å². The average molecular weight is 595 g/mol. The van der Waals surface area contributed by atoms with Gasteiger partial charge in [0.05, 0.1) is 0 Å². The summed E-state index contributed by atoms with van der Waals surface area (Å²) in [5.74, 6) is 1.65. The fraction of sp³-hybridized carbons (Fsp3) is 0.538. The molecule has 2 aromatic carbocycles. The van der Waals surface area contributed by atoms with E-state index in [1.54, 1.807) is 18.3 Å². The summed E-state index contributed by atoms with van der Waals surface area (Å²) >= 11 is 0. The second kappa shape index (κ2) is 29.1. The number of unbranched alkanes of at least 4 members (excludes halogenated alkanes) is 3. The zero-order valence-corrected chi connectivity index (χ0v) is 29.2. The van der Waals surface area contributed by atoms with Gasteiger partial charge in [-0.05, 0) is 85.4 Å². The molecule has 0 aromatic heterocycles. The maximum absolute atomic E-state index is 13.1. The van der Waals surface area contributed by atoms with Gasteiger partial charge in [-0.15, -0.1) is 0 Å². The molecule has 1 atom stereocenters. The topological polar surface area (TPSA) is 41.5 Å². The van der Waals surface area contributed by atoms with Gasteiger partial charge in [-0.2, -0.15) is 0 Å². The number of rotatable bonds is 15. The number of carbonyl (C=O) groups is 1. The summed E-state index contributed by atoms with van der Waals surface area (Å²) in [6.07, 6.45) is 16.9. The van der Waals surface area contributed by atoms with Crippen molar-refractivity contribution in [2.75, 3.05) is 5.32 Å². The van der Waals surface area contributed by atoms with Crippen LogP contribution in [-0.2, 0) is 0 Å². The Kier molecular flexibility index (Phi) is 28.5. The molecule has 2 aromatic rings. The van der Waals surface area contributed by atoms with Crippen LogP contribution in [0.5, 0.6) is 0 Å². The van der Waals surface area contributed by atoms with E-state index < -0.39 is 0 Å². The molecule has 0 spiro atoms. The Labute approximate surface area is 265 Å². The molecule has 0 aliphatic heterocycles. The van der Waals surface area contributed by atoms with Crippen LogP contribution in [0.1, 0.15) is 149 Å². The van der Waals surface area contributed by atoms with Crippen LogP contribution in [0.2, 0.25) is 0 Å². The van der Waals surface area contributed by atoms with E-state index in [1.165, 1.54) is 44.2 Å². The van der Waals surface area contributed by atoms with E-state index in [4.69, 9.17) is 0 Å². The van der Waals surface area contributed by atoms with Crippen molar-refractivity contribution in [3.63, 3.8) is 0 Å². The zero-order valence-electron chi connectivity index (χ0n) is 29.2. The molecule has 1 N–H and O–H groups in total. The number of aliphatic imine (C=N–C) groups is 1. The number of halogens is 1. The van der Waals surface area contributed by atoms with Crippen molar-refractivity contribution >= 4 is 23.3 Å². The van der Waals surface area contributed by atoms with Gasteiger partial charge in [0.15, 0.2) is 5.78 Å². The number of hydrogen-bond donors (Lipinski definition) is 1. The van der Waals surface area contributed by atoms with Crippen molar-refractivity contribution in [1.29, 1.82) is 0 Å². The van der Waals surface area contributed by atoms with Crippen molar-refractivity contribution in [1.82, 2.24) is 0 Å². The maximum atomic E-state index is 13.1. The van der Waals surface area contributed by atoms with Crippen LogP contribution in [0.25, 0.3) is 5.57 Å². The van der Waals surface area contributed by atoms with Gasteiger partial charge in [-0.3, -0.25) is 4.79 Å². The average Bonchev–Trinajstić information content (AvgIpc) is 3.04. The van der Waals surface area contributed by atoms with Crippen molar-refractivity contribution in [3.05, 3.63) is 83.4 Å². The first-order chi connectivity index (χ1) is 20.8. The molecule has 4 heteroatoms. The normalized spacial score (nSPS) is 11.8. The van der Waals surface area contributed by atoms with Gasteiger partial charge in [0, 0.05) is 23.9 Å². The first-order valence-electron chi connectivity index (χ1n) is 16.8. The van der Waals surface area contributed by atoms with Crippen molar-refractivity contribution in [2.24, 2.45) is 10.9 Å². The van der Waals surface area contributed by atoms with E-state index in [2.05, 4.69) is 64.9 Å². The Balaban J connectivity index is 0. The van der Waals surface area contributed by atoms with Crippen LogP contribution in [0.15, 0.2) is 71.5 Å². The molecule has 43 heavy (non-hydrogen) atoms. The first kappa shape index (κ1) is 42.1. The van der Waals surface area contributed by atoms with Crippen LogP contribution in [0, 0.1) is 11.7 Å². The maximum Gasteiger partial charge on any atom is 0.162 e. The third kappa shape index (κ3) is 22.2. The van der Waals surface area contributed by atoms with Crippen LogP contribution in [-0.4, -0.2) is 12.0 Å². The molecule has 0 amide bonds.